The highest BCUT2D eigenvalue weighted by atomic mass is 16.5. The van der Waals surface area contributed by atoms with Gasteiger partial charge in [-0.3, -0.25) is 4.79 Å². The highest BCUT2D eigenvalue weighted by molar-refractivity contribution is 6.06. The Morgan fingerprint density at radius 3 is 2.56 bits per heavy atom. The molecule has 0 aliphatic heterocycles. The first-order chi connectivity index (χ1) is 12.3. The fraction of sp³-hybridized carbons (Fsp3) is 0.250. The molecule has 0 atom stereocenters. The SMILES string of the molecule is CCCCOC(=O)Cn1c2ccccc2c2nc3ccccc3nc21. The number of para-hydroxylation sites is 3. The number of carbonyl (C=O) groups excluding carboxylic acids is 1. The summed E-state index contributed by atoms with van der Waals surface area (Å²) in [5, 5.41) is 0.997. The third-order valence-corrected chi connectivity index (χ3v) is 4.31. The van der Waals surface area contributed by atoms with Crippen molar-refractivity contribution in [3.63, 3.8) is 0 Å². The summed E-state index contributed by atoms with van der Waals surface area (Å²) in [5.41, 5.74) is 4.14. The van der Waals surface area contributed by atoms with Crippen LogP contribution < -0.4 is 0 Å². The molecule has 0 spiro atoms. The molecular formula is C20H19N3O2. The maximum Gasteiger partial charge on any atom is 0.326 e. The molecule has 0 radical (unpaired) electrons. The first-order valence-electron chi connectivity index (χ1n) is 8.57. The average molecular weight is 333 g/mol. The normalized spacial score (nSPS) is 11.4. The highest BCUT2D eigenvalue weighted by Crippen LogP contribution is 2.28. The van der Waals surface area contributed by atoms with Crippen LogP contribution in [0.4, 0.5) is 0 Å². The largest absolute Gasteiger partial charge is 0.464 e. The Morgan fingerprint density at radius 2 is 1.76 bits per heavy atom. The molecule has 0 fully saturated rings. The van der Waals surface area contributed by atoms with Gasteiger partial charge >= 0.3 is 5.97 Å². The molecule has 0 bridgehead atoms. The van der Waals surface area contributed by atoms with Crippen LogP contribution in [0.15, 0.2) is 48.5 Å². The molecule has 25 heavy (non-hydrogen) atoms. The van der Waals surface area contributed by atoms with Gasteiger partial charge < -0.3 is 9.30 Å². The molecule has 0 aliphatic carbocycles. The Bertz CT molecular complexity index is 1070. The molecule has 0 N–H and O–H groups in total. The van der Waals surface area contributed by atoms with Crippen molar-refractivity contribution >= 4 is 39.1 Å². The van der Waals surface area contributed by atoms with Gasteiger partial charge in [-0.25, -0.2) is 9.97 Å². The third-order valence-electron chi connectivity index (χ3n) is 4.31. The van der Waals surface area contributed by atoms with Crippen LogP contribution in [0.25, 0.3) is 33.1 Å². The van der Waals surface area contributed by atoms with Gasteiger partial charge in [-0.1, -0.05) is 43.7 Å². The number of fused-ring (bicyclic) bond motifs is 4. The van der Waals surface area contributed by atoms with E-state index >= 15 is 0 Å². The van der Waals surface area contributed by atoms with E-state index in [0.29, 0.717) is 12.3 Å². The van der Waals surface area contributed by atoms with Gasteiger partial charge in [-0.2, -0.15) is 0 Å². The zero-order chi connectivity index (χ0) is 17.2. The van der Waals surface area contributed by atoms with E-state index < -0.39 is 0 Å². The van der Waals surface area contributed by atoms with Crippen molar-refractivity contribution in [3.8, 4) is 0 Å². The molecule has 0 aliphatic rings. The Labute approximate surface area is 145 Å². The lowest BCUT2D eigenvalue weighted by Gasteiger charge is -2.07. The predicted octanol–water partition coefficient (Wildman–Crippen LogP) is 4.08. The maximum absolute atomic E-state index is 12.2. The van der Waals surface area contributed by atoms with E-state index in [-0.39, 0.29) is 12.5 Å². The molecule has 4 aromatic rings. The summed E-state index contributed by atoms with van der Waals surface area (Å²) < 4.78 is 7.23. The molecule has 5 heteroatoms. The van der Waals surface area contributed by atoms with Crippen LogP contribution in [0.2, 0.25) is 0 Å². The summed E-state index contributed by atoms with van der Waals surface area (Å²) >= 11 is 0. The molecule has 2 aromatic heterocycles. The minimum Gasteiger partial charge on any atom is -0.464 e. The van der Waals surface area contributed by atoms with E-state index in [4.69, 9.17) is 14.7 Å². The predicted molar refractivity (Wildman–Crippen MR) is 98.4 cm³/mol. The Balaban J connectivity index is 1.85. The molecule has 2 heterocycles. The summed E-state index contributed by atoms with van der Waals surface area (Å²) in [6, 6.07) is 15.7. The molecular weight excluding hydrogens is 314 g/mol. The highest BCUT2D eigenvalue weighted by Gasteiger charge is 2.16. The van der Waals surface area contributed by atoms with Crippen molar-refractivity contribution in [3.05, 3.63) is 48.5 Å². The van der Waals surface area contributed by atoms with Gasteiger partial charge in [0.25, 0.3) is 0 Å². The second-order valence-corrected chi connectivity index (χ2v) is 6.06. The van der Waals surface area contributed by atoms with Crippen LogP contribution in [-0.4, -0.2) is 27.1 Å². The van der Waals surface area contributed by atoms with E-state index in [2.05, 4.69) is 6.92 Å². The first kappa shape index (κ1) is 15.6. The molecule has 0 saturated carbocycles. The van der Waals surface area contributed by atoms with Crippen molar-refractivity contribution in [2.45, 2.75) is 26.3 Å². The summed E-state index contributed by atoms with van der Waals surface area (Å²) in [5.74, 6) is -0.244. The fourth-order valence-corrected chi connectivity index (χ4v) is 3.05. The molecule has 126 valence electrons. The van der Waals surface area contributed by atoms with Crippen LogP contribution in [0, 0.1) is 0 Å². The van der Waals surface area contributed by atoms with Gasteiger partial charge in [0.2, 0.25) is 0 Å². The number of hydrogen-bond donors (Lipinski definition) is 0. The van der Waals surface area contributed by atoms with Crippen LogP contribution in [0.5, 0.6) is 0 Å². The van der Waals surface area contributed by atoms with Gasteiger partial charge in [0.15, 0.2) is 5.65 Å². The Kier molecular flexibility index (Phi) is 4.06. The lowest BCUT2D eigenvalue weighted by molar-refractivity contribution is -0.144. The quantitative estimate of drug-likeness (QED) is 0.408. The number of benzene rings is 2. The van der Waals surface area contributed by atoms with E-state index in [1.807, 2.05) is 53.1 Å². The summed E-state index contributed by atoms with van der Waals surface area (Å²) in [6.45, 7) is 2.67. The molecule has 2 aromatic carbocycles. The number of unbranched alkanes of at least 4 members (excludes halogenated alkanes) is 1. The summed E-state index contributed by atoms with van der Waals surface area (Å²) in [6.07, 6.45) is 1.88. The molecule has 0 amide bonds. The van der Waals surface area contributed by atoms with Gasteiger partial charge in [0.1, 0.15) is 12.1 Å². The Hall–Kier alpha value is -2.95. The van der Waals surface area contributed by atoms with Crippen molar-refractivity contribution in [2.24, 2.45) is 0 Å². The topological polar surface area (TPSA) is 57.0 Å². The van der Waals surface area contributed by atoms with Crippen LogP contribution in [0.1, 0.15) is 19.8 Å². The zero-order valence-corrected chi connectivity index (χ0v) is 14.1. The van der Waals surface area contributed by atoms with Crippen molar-refractivity contribution < 1.29 is 9.53 Å². The Morgan fingerprint density at radius 1 is 1.04 bits per heavy atom. The number of nitrogens with zero attached hydrogens (tertiary/aromatic N) is 3. The summed E-state index contributed by atoms with van der Waals surface area (Å²) in [4.78, 5) is 21.8. The standard InChI is InChI=1S/C20H19N3O2/c1-2-3-12-25-18(24)13-23-17-11-7-4-8-14(17)19-20(23)22-16-10-6-5-9-15(16)21-19/h4-11H,2-3,12-13H2,1H3. The second-order valence-electron chi connectivity index (χ2n) is 6.06. The van der Waals surface area contributed by atoms with Gasteiger partial charge in [0, 0.05) is 5.39 Å². The lowest BCUT2D eigenvalue weighted by Crippen LogP contribution is -2.14. The van der Waals surface area contributed by atoms with Gasteiger partial charge in [0.05, 0.1) is 23.2 Å². The minimum absolute atomic E-state index is 0.140. The first-order valence-corrected chi connectivity index (χ1v) is 8.57. The molecule has 4 rings (SSSR count). The van der Waals surface area contributed by atoms with Gasteiger partial charge in [-0.15, -0.1) is 0 Å². The summed E-state index contributed by atoms with van der Waals surface area (Å²) in [7, 11) is 0. The van der Waals surface area contributed by atoms with Crippen molar-refractivity contribution in [2.75, 3.05) is 6.61 Å². The smallest absolute Gasteiger partial charge is 0.326 e. The van der Waals surface area contributed by atoms with Crippen LogP contribution >= 0.6 is 0 Å². The second kappa shape index (κ2) is 6.51. The number of aromatic nitrogens is 3. The molecule has 0 unspecified atom stereocenters. The lowest BCUT2D eigenvalue weighted by atomic mass is 10.2. The van der Waals surface area contributed by atoms with E-state index in [1.165, 1.54) is 0 Å². The van der Waals surface area contributed by atoms with E-state index in [1.54, 1.807) is 0 Å². The molecule has 5 nitrogen and oxygen atoms in total. The zero-order valence-electron chi connectivity index (χ0n) is 14.1. The minimum atomic E-state index is -0.244. The van der Waals surface area contributed by atoms with Crippen LogP contribution in [-0.2, 0) is 16.1 Å². The van der Waals surface area contributed by atoms with E-state index in [0.717, 1.165) is 40.3 Å². The number of rotatable bonds is 5. The van der Waals surface area contributed by atoms with E-state index in [9.17, 15) is 4.79 Å². The average Bonchev–Trinajstić information content (AvgIpc) is 2.93. The number of hydrogen-bond acceptors (Lipinski definition) is 4. The van der Waals surface area contributed by atoms with Crippen molar-refractivity contribution in [1.82, 2.24) is 14.5 Å². The number of carbonyl (C=O) groups is 1. The number of esters is 1. The fourth-order valence-electron chi connectivity index (χ4n) is 3.05. The van der Waals surface area contributed by atoms with Crippen molar-refractivity contribution in [1.29, 1.82) is 0 Å². The van der Waals surface area contributed by atoms with Crippen LogP contribution in [0.3, 0.4) is 0 Å². The van der Waals surface area contributed by atoms with Gasteiger partial charge in [-0.05, 0) is 24.6 Å². The molecule has 0 saturated heterocycles. The number of ether oxygens (including phenoxy) is 1. The third kappa shape index (κ3) is 2.82. The maximum atomic E-state index is 12.2. The monoisotopic (exact) mass is 333 g/mol.